The van der Waals surface area contributed by atoms with Crippen LogP contribution in [0.3, 0.4) is 0 Å². The Hall–Kier alpha value is -0.930. The first-order valence-corrected chi connectivity index (χ1v) is 5.96. The Morgan fingerprint density at radius 3 is 2.59 bits per heavy atom. The van der Waals surface area contributed by atoms with E-state index in [0.29, 0.717) is 13.1 Å². The Morgan fingerprint density at radius 1 is 1.41 bits per heavy atom. The highest BCUT2D eigenvalue weighted by atomic mass is 19.1. The molecule has 1 unspecified atom stereocenters. The molecular weight excluding hydrogens is 217 g/mol. The fourth-order valence-corrected chi connectivity index (χ4v) is 1.73. The van der Waals surface area contributed by atoms with E-state index in [1.807, 2.05) is 38.8 Å². The summed E-state index contributed by atoms with van der Waals surface area (Å²) in [5.41, 5.74) is 0.203. The van der Waals surface area contributed by atoms with Gasteiger partial charge in [-0.15, -0.1) is 0 Å². The van der Waals surface area contributed by atoms with E-state index in [2.05, 4.69) is 0 Å². The lowest BCUT2D eigenvalue weighted by atomic mass is 9.92. The molecule has 1 rings (SSSR count). The fraction of sp³-hybridized carbons (Fsp3) is 0.571. The summed E-state index contributed by atoms with van der Waals surface area (Å²) in [6, 6.07) is 6.57. The summed E-state index contributed by atoms with van der Waals surface area (Å²) in [7, 11) is 1.93. The Morgan fingerprint density at radius 2 is 2.06 bits per heavy atom. The molecule has 0 aliphatic heterocycles. The third-order valence-electron chi connectivity index (χ3n) is 3.18. The van der Waals surface area contributed by atoms with Gasteiger partial charge in [0, 0.05) is 13.1 Å². The van der Waals surface area contributed by atoms with Crippen LogP contribution in [0.2, 0.25) is 0 Å². The zero-order valence-corrected chi connectivity index (χ0v) is 11.1. The fourth-order valence-electron chi connectivity index (χ4n) is 1.73. The summed E-state index contributed by atoms with van der Waals surface area (Å²) in [5, 5.41) is 10.2. The Kier molecular flexibility index (Phi) is 4.66. The lowest BCUT2D eigenvalue weighted by Crippen LogP contribution is -2.42. The number of hydrogen-bond donors (Lipinski definition) is 1. The van der Waals surface area contributed by atoms with Gasteiger partial charge in [-0.1, -0.05) is 26.0 Å². The van der Waals surface area contributed by atoms with E-state index in [1.165, 1.54) is 12.1 Å². The average molecular weight is 239 g/mol. The van der Waals surface area contributed by atoms with Crippen LogP contribution in [0.5, 0.6) is 0 Å². The average Bonchev–Trinajstić information content (AvgIpc) is 2.15. The Bertz CT molecular complexity index is 363. The number of hydrogen-bond acceptors (Lipinski definition) is 2. The van der Waals surface area contributed by atoms with Gasteiger partial charge in [-0.25, -0.2) is 4.39 Å². The van der Waals surface area contributed by atoms with Gasteiger partial charge in [-0.2, -0.15) is 0 Å². The normalized spacial score (nSPS) is 15.3. The molecule has 0 aliphatic carbocycles. The van der Waals surface area contributed by atoms with E-state index in [9.17, 15) is 9.50 Å². The minimum Gasteiger partial charge on any atom is -0.389 e. The highest BCUT2D eigenvalue weighted by Crippen LogP contribution is 2.18. The van der Waals surface area contributed by atoms with Crippen molar-refractivity contribution < 1.29 is 9.50 Å². The predicted molar refractivity (Wildman–Crippen MR) is 68.2 cm³/mol. The maximum Gasteiger partial charge on any atom is 0.123 e. The smallest absolute Gasteiger partial charge is 0.123 e. The molecule has 2 nitrogen and oxygen atoms in total. The minimum atomic E-state index is -0.720. The first-order chi connectivity index (χ1) is 7.81. The monoisotopic (exact) mass is 239 g/mol. The first kappa shape index (κ1) is 14.1. The molecule has 0 aliphatic rings. The molecule has 0 radical (unpaired) electrons. The number of benzene rings is 1. The summed E-state index contributed by atoms with van der Waals surface area (Å²) in [6.45, 7) is 7.04. The molecule has 0 fully saturated rings. The second-order valence-electron chi connectivity index (χ2n) is 5.31. The summed E-state index contributed by atoms with van der Waals surface area (Å²) < 4.78 is 13.0. The van der Waals surface area contributed by atoms with Crippen LogP contribution < -0.4 is 0 Å². The molecule has 1 aromatic carbocycles. The molecule has 0 bridgehead atoms. The lowest BCUT2D eigenvalue weighted by molar-refractivity contribution is -0.0146. The summed E-state index contributed by atoms with van der Waals surface area (Å²) in [5.74, 6) is -0.0241. The molecular formula is C14H22FNO. The minimum absolute atomic E-state index is 0.192. The molecule has 1 N–H and O–H groups in total. The van der Waals surface area contributed by atoms with Crippen LogP contribution in [0.1, 0.15) is 26.3 Å². The second-order valence-corrected chi connectivity index (χ2v) is 5.31. The van der Waals surface area contributed by atoms with Gasteiger partial charge in [0.15, 0.2) is 0 Å². The van der Waals surface area contributed by atoms with E-state index in [-0.39, 0.29) is 11.7 Å². The molecule has 96 valence electrons. The highest BCUT2D eigenvalue weighted by molar-refractivity contribution is 5.16. The predicted octanol–water partition coefficient (Wildman–Crippen LogP) is 2.66. The van der Waals surface area contributed by atoms with Crippen molar-refractivity contribution in [1.29, 1.82) is 0 Å². The van der Waals surface area contributed by atoms with Crippen molar-refractivity contribution in [3.63, 3.8) is 0 Å². The van der Waals surface area contributed by atoms with Crippen molar-refractivity contribution in [2.75, 3.05) is 13.6 Å². The van der Waals surface area contributed by atoms with E-state index >= 15 is 0 Å². The Labute approximate surface area is 103 Å². The lowest BCUT2D eigenvalue weighted by Gasteiger charge is -2.32. The third-order valence-corrected chi connectivity index (χ3v) is 3.18. The van der Waals surface area contributed by atoms with Crippen molar-refractivity contribution in [1.82, 2.24) is 4.90 Å². The van der Waals surface area contributed by atoms with Crippen LogP contribution in [0.4, 0.5) is 4.39 Å². The number of aliphatic hydroxyl groups is 1. The molecule has 3 heteroatoms. The van der Waals surface area contributed by atoms with Gasteiger partial charge in [0.05, 0.1) is 5.60 Å². The third kappa shape index (κ3) is 4.44. The molecule has 0 aromatic heterocycles. The Balaban J connectivity index is 2.58. The molecule has 1 aromatic rings. The van der Waals surface area contributed by atoms with Gasteiger partial charge in [0.2, 0.25) is 0 Å². The first-order valence-electron chi connectivity index (χ1n) is 5.96. The largest absolute Gasteiger partial charge is 0.389 e. The molecule has 0 heterocycles. The van der Waals surface area contributed by atoms with Crippen molar-refractivity contribution >= 4 is 0 Å². The summed E-state index contributed by atoms with van der Waals surface area (Å²) in [4.78, 5) is 2.01. The number of halogens is 1. The number of likely N-dealkylation sites (N-methyl/N-ethyl adjacent to an activating group) is 1. The van der Waals surface area contributed by atoms with Gasteiger partial charge in [0.1, 0.15) is 5.82 Å². The van der Waals surface area contributed by atoms with Crippen LogP contribution in [-0.2, 0) is 6.54 Å². The number of rotatable bonds is 5. The van der Waals surface area contributed by atoms with Gasteiger partial charge in [0.25, 0.3) is 0 Å². The van der Waals surface area contributed by atoms with Crippen LogP contribution in [0.15, 0.2) is 24.3 Å². The standard InChI is InChI=1S/C14H22FNO/c1-11(2)14(3,17)10-16(4)9-12-6-5-7-13(15)8-12/h5-8,11,17H,9-10H2,1-4H3. The van der Waals surface area contributed by atoms with Gasteiger partial charge in [-0.05, 0) is 37.6 Å². The summed E-state index contributed by atoms with van der Waals surface area (Å²) in [6.07, 6.45) is 0. The van der Waals surface area contributed by atoms with Crippen LogP contribution >= 0.6 is 0 Å². The topological polar surface area (TPSA) is 23.5 Å². The van der Waals surface area contributed by atoms with Gasteiger partial charge in [-0.3, -0.25) is 4.90 Å². The second kappa shape index (κ2) is 5.61. The SMILES string of the molecule is CC(C)C(C)(O)CN(C)Cc1cccc(F)c1. The van der Waals surface area contributed by atoms with Crippen molar-refractivity contribution in [2.24, 2.45) is 5.92 Å². The molecule has 1 atom stereocenters. The molecule has 0 saturated heterocycles. The van der Waals surface area contributed by atoms with E-state index in [4.69, 9.17) is 0 Å². The molecule has 0 amide bonds. The van der Waals surface area contributed by atoms with Crippen molar-refractivity contribution in [3.05, 3.63) is 35.6 Å². The summed E-state index contributed by atoms with van der Waals surface area (Å²) >= 11 is 0. The molecule has 17 heavy (non-hydrogen) atoms. The maximum absolute atomic E-state index is 13.0. The zero-order chi connectivity index (χ0) is 13.1. The van der Waals surface area contributed by atoms with Crippen LogP contribution in [-0.4, -0.2) is 29.2 Å². The van der Waals surface area contributed by atoms with E-state index in [1.54, 1.807) is 6.07 Å². The zero-order valence-electron chi connectivity index (χ0n) is 11.1. The van der Waals surface area contributed by atoms with Crippen LogP contribution in [0.25, 0.3) is 0 Å². The number of nitrogens with zero attached hydrogens (tertiary/aromatic N) is 1. The van der Waals surface area contributed by atoms with Crippen molar-refractivity contribution in [3.8, 4) is 0 Å². The van der Waals surface area contributed by atoms with E-state index in [0.717, 1.165) is 5.56 Å². The quantitative estimate of drug-likeness (QED) is 0.854. The van der Waals surface area contributed by atoms with Crippen LogP contribution in [0, 0.1) is 11.7 Å². The molecule has 0 spiro atoms. The van der Waals surface area contributed by atoms with Gasteiger partial charge >= 0.3 is 0 Å². The molecule has 0 saturated carbocycles. The van der Waals surface area contributed by atoms with Gasteiger partial charge < -0.3 is 5.11 Å². The highest BCUT2D eigenvalue weighted by Gasteiger charge is 2.26. The maximum atomic E-state index is 13.0. The van der Waals surface area contributed by atoms with E-state index < -0.39 is 5.60 Å². The van der Waals surface area contributed by atoms with Crippen molar-refractivity contribution in [2.45, 2.75) is 32.9 Å².